The molecule has 0 aromatic heterocycles. The van der Waals surface area contributed by atoms with Gasteiger partial charge in [-0.05, 0) is 19.1 Å². The summed E-state index contributed by atoms with van der Waals surface area (Å²) in [5.74, 6) is 0.396. The first-order valence-electron chi connectivity index (χ1n) is 5.19. The molecular weight excluding hydrogens is 307 g/mol. The van der Waals surface area contributed by atoms with Crippen LogP contribution in [0.4, 0.5) is 0 Å². The zero-order valence-corrected chi connectivity index (χ0v) is 12.1. The molecule has 0 spiro atoms. The quantitative estimate of drug-likeness (QED) is 0.616. The van der Waals surface area contributed by atoms with Crippen LogP contribution in [-0.2, 0) is 21.3 Å². The van der Waals surface area contributed by atoms with Crippen LogP contribution in [0.3, 0.4) is 0 Å². The molecule has 0 aliphatic heterocycles. The van der Waals surface area contributed by atoms with E-state index in [2.05, 4.69) is 15.9 Å². The van der Waals surface area contributed by atoms with Crippen molar-refractivity contribution < 1.29 is 14.3 Å². The highest BCUT2D eigenvalue weighted by Gasteiger charge is 2.14. The van der Waals surface area contributed by atoms with Gasteiger partial charge in [-0.25, -0.2) is 0 Å². The number of alkyl halides is 1. The minimum atomic E-state index is -0.284. The highest BCUT2D eigenvalue weighted by Crippen LogP contribution is 2.30. The van der Waals surface area contributed by atoms with Crippen LogP contribution in [0, 0.1) is 0 Å². The van der Waals surface area contributed by atoms with E-state index in [1.54, 1.807) is 20.1 Å². The molecular formula is C12H14BrClO3. The highest BCUT2D eigenvalue weighted by atomic mass is 79.9. The smallest absolute Gasteiger partial charge is 0.310 e. The van der Waals surface area contributed by atoms with E-state index in [0.717, 1.165) is 11.1 Å². The maximum absolute atomic E-state index is 11.5. The van der Waals surface area contributed by atoms with Crippen molar-refractivity contribution in [2.75, 3.05) is 13.7 Å². The van der Waals surface area contributed by atoms with Crippen LogP contribution in [0.1, 0.15) is 18.1 Å². The fourth-order valence-electron chi connectivity index (χ4n) is 1.57. The molecule has 17 heavy (non-hydrogen) atoms. The Bertz CT molecular complexity index is 407. The second-order valence-corrected chi connectivity index (χ2v) is 4.37. The highest BCUT2D eigenvalue weighted by molar-refractivity contribution is 9.08. The number of rotatable bonds is 5. The van der Waals surface area contributed by atoms with Gasteiger partial charge in [0, 0.05) is 21.5 Å². The van der Waals surface area contributed by atoms with Crippen LogP contribution < -0.4 is 4.74 Å². The molecule has 0 aliphatic carbocycles. The zero-order chi connectivity index (χ0) is 12.8. The largest absolute Gasteiger partial charge is 0.496 e. The van der Waals surface area contributed by atoms with E-state index in [0.29, 0.717) is 22.7 Å². The van der Waals surface area contributed by atoms with Crippen LogP contribution in [0.2, 0.25) is 5.02 Å². The van der Waals surface area contributed by atoms with E-state index >= 15 is 0 Å². The molecule has 0 radical (unpaired) electrons. The molecule has 1 aromatic rings. The van der Waals surface area contributed by atoms with Gasteiger partial charge in [0.15, 0.2) is 0 Å². The first-order valence-corrected chi connectivity index (χ1v) is 6.69. The normalized spacial score (nSPS) is 10.1. The van der Waals surface area contributed by atoms with E-state index in [1.807, 2.05) is 6.07 Å². The Morgan fingerprint density at radius 3 is 2.59 bits per heavy atom. The molecule has 94 valence electrons. The van der Waals surface area contributed by atoms with E-state index in [4.69, 9.17) is 21.1 Å². The lowest BCUT2D eigenvalue weighted by Crippen LogP contribution is -2.09. The van der Waals surface area contributed by atoms with Gasteiger partial charge in [0.2, 0.25) is 0 Å². The van der Waals surface area contributed by atoms with E-state index in [-0.39, 0.29) is 12.4 Å². The standard InChI is InChI=1S/C12H14BrClO3/c1-3-17-11(15)6-8-4-10(14)5-9(7-13)12(8)16-2/h4-5H,3,6-7H2,1-2H3. The lowest BCUT2D eigenvalue weighted by Gasteiger charge is -2.12. The molecule has 0 N–H and O–H groups in total. The first kappa shape index (κ1) is 14.3. The molecule has 1 aromatic carbocycles. The second kappa shape index (κ2) is 6.87. The number of ether oxygens (including phenoxy) is 2. The average Bonchev–Trinajstić information content (AvgIpc) is 2.28. The SMILES string of the molecule is CCOC(=O)Cc1cc(Cl)cc(CBr)c1OC. The van der Waals surface area contributed by atoms with Gasteiger partial charge >= 0.3 is 5.97 Å². The van der Waals surface area contributed by atoms with Crippen molar-refractivity contribution in [2.24, 2.45) is 0 Å². The Kier molecular flexibility index (Phi) is 5.78. The van der Waals surface area contributed by atoms with Crippen molar-refractivity contribution in [1.29, 1.82) is 0 Å². The van der Waals surface area contributed by atoms with Crippen LogP contribution >= 0.6 is 27.5 Å². The van der Waals surface area contributed by atoms with Crippen LogP contribution in [0.5, 0.6) is 5.75 Å². The molecule has 0 bridgehead atoms. The Morgan fingerprint density at radius 1 is 1.41 bits per heavy atom. The number of methoxy groups -OCH3 is 1. The number of halogens is 2. The monoisotopic (exact) mass is 320 g/mol. The first-order chi connectivity index (χ1) is 8.12. The van der Waals surface area contributed by atoms with Gasteiger partial charge in [0.25, 0.3) is 0 Å². The fraction of sp³-hybridized carbons (Fsp3) is 0.417. The summed E-state index contributed by atoms with van der Waals surface area (Å²) in [5.41, 5.74) is 1.66. The number of carbonyl (C=O) groups excluding carboxylic acids is 1. The predicted octanol–water partition coefficient (Wildman–Crippen LogP) is 3.35. The van der Waals surface area contributed by atoms with Crippen LogP contribution in [-0.4, -0.2) is 19.7 Å². The maximum Gasteiger partial charge on any atom is 0.310 e. The summed E-state index contributed by atoms with van der Waals surface area (Å²) in [6.07, 6.45) is 0.164. The summed E-state index contributed by atoms with van der Waals surface area (Å²) in [6.45, 7) is 2.14. The molecule has 0 fully saturated rings. The second-order valence-electron chi connectivity index (χ2n) is 3.37. The van der Waals surface area contributed by atoms with Crippen molar-refractivity contribution in [1.82, 2.24) is 0 Å². The van der Waals surface area contributed by atoms with Gasteiger partial charge in [-0.2, -0.15) is 0 Å². The molecule has 3 nitrogen and oxygen atoms in total. The van der Waals surface area contributed by atoms with Gasteiger partial charge in [-0.15, -0.1) is 0 Å². The number of carbonyl (C=O) groups is 1. The summed E-state index contributed by atoms with van der Waals surface area (Å²) in [5, 5.41) is 1.20. The molecule has 0 saturated heterocycles. The molecule has 5 heteroatoms. The summed E-state index contributed by atoms with van der Waals surface area (Å²) >= 11 is 9.35. The third-order valence-corrected chi connectivity index (χ3v) is 3.02. The summed E-state index contributed by atoms with van der Waals surface area (Å²) in [6, 6.07) is 3.53. The van der Waals surface area contributed by atoms with E-state index in [9.17, 15) is 4.79 Å². The summed E-state index contributed by atoms with van der Waals surface area (Å²) in [7, 11) is 1.57. The molecule has 0 aliphatic rings. The van der Waals surface area contributed by atoms with Gasteiger partial charge in [0.1, 0.15) is 5.75 Å². The Hall–Kier alpha value is -0.740. The summed E-state index contributed by atoms with van der Waals surface area (Å²) < 4.78 is 10.2. The molecule has 1 rings (SSSR count). The van der Waals surface area contributed by atoms with Gasteiger partial charge < -0.3 is 9.47 Å². The zero-order valence-electron chi connectivity index (χ0n) is 9.76. The minimum Gasteiger partial charge on any atom is -0.496 e. The van der Waals surface area contributed by atoms with Crippen molar-refractivity contribution in [2.45, 2.75) is 18.7 Å². The molecule has 0 unspecified atom stereocenters. The minimum absolute atomic E-state index is 0.164. The maximum atomic E-state index is 11.5. The van der Waals surface area contributed by atoms with Gasteiger partial charge in [0.05, 0.1) is 20.1 Å². The molecule has 0 saturated carbocycles. The summed E-state index contributed by atoms with van der Waals surface area (Å²) in [4.78, 5) is 11.5. The Labute approximate surface area is 114 Å². The van der Waals surface area contributed by atoms with E-state index < -0.39 is 0 Å². The topological polar surface area (TPSA) is 35.5 Å². The van der Waals surface area contributed by atoms with Crippen molar-refractivity contribution in [3.8, 4) is 5.75 Å². The molecule has 0 atom stereocenters. The molecule has 0 heterocycles. The Morgan fingerprint density at radius 2 is 2.06 bits per heavy atom. The lowest BCUT2D eigenvalue weighted by molar-refractivity contribution is -0.142. The Balaban J connectivity index is 3.04. The number of hydrogen-bond donors (Lipinski definition) is 0. The third-order valence-electron chi connectivity index (χ3n) is 2.20. The molecule has 0 amide bonds. The van der Waals surface area contributed by atoms with Crippen molar-refractivity contribution >= 4 is 33.5 Å². The fourth-order valence-corrected chi connectivity index (χ4v) is 2.25. The van der Waals surface area contributed by atoms with Crippen molar-refractivity contribution in [3.05, 3.63) is 28.3 Å². The van der Waals surface area contributed by atoms with E-state index in [1.165, 1.54) is 0 Å². The van der Waals surface area contributed by atoms with Gasteiger partial charge in [-0.1, -0.05) is 27.5 Å². The predicted molar refractivity (Wildman–Crippen MR) is 71.0 cm³/mol. The third kappa shape index (κ3) is 3.89. The van der Waals surface area contributed by atoms with Crippen LogP contribution in [0.25, 0.3) is 0 Å². The number of benzene rings is 1. The van der Waals surface area contributed by atoms with Gasteiger partial charge in [-0.3, -0.25) is 4.79 Å². The lowest BCUT2D eigenvalue weighted by atomic mass is 10.1. The van der Waals surface area contributed by atoms with Crippen molar-refractivity contribution in [3.63, 3.8) is 0 Å². The number of hydrogen-bond acceptors (Lipinski definition) is 3. The average molecular weight is 322 g/mol. The number of esters is 1. The van der Waals surface area contributed by atoms with Crippen LogP contribution in [0.15, 0.2) is 12.1 Å².